The molecule has 3 rings (SSSR count). The van der Waals surface area contributed by atoms with Gasteiger partial charge in [0.1, 0.15) is 0 Å². The molecule has 3 unspecified atom stereocenters. The van der Waals surface area contributed by atoms with Crippen LogP contribution in [0.3, 0.4) is 0 Å². The van der Waals surface area contributed by atoms with Crippen molar-refractivity contribution in [3.63, 3.8) is 0 Å². The molecule has 0 aromatic carbocycles. The minimum atomic E-state index is 0.589. The van der Waals surface area contributed by atoms with E-state index in [-0.39, 0.29) is 0 Å². The molecule has 0 heterocycles. The van der Waals surface area contributed by atoms with Gasteiger partial charge in [-0.05, 0) is 80.6 Å². The number of fused-ring (bicyclic) bond motifs is 1. The molecular formula is C20H30. The van der Waals surface area contributed by atoms with Gasteiger partial charge in [0.15, 0.2) is 0 Å². The summed E-state index contributed by atoms with van der Waals surface area (Å²) in [5.41, 5.74) is 5.26. The Kier molecular flexibility index (Phi) is 3.93. The summed E-state index contributed by atoms with van der Waals surface area (Å²) in [6.07, 6.45) is 17.1. The fraction of sp³-hybridized carbons (Fsp3) is 0.700. The number of hydrogen-bond acceptors (Lipinski definition) is 0. The molecule has 0 nitrogen and oxygen atoms in total. The minimum Gasteiger partial charge on any atom is -0.0956 e. The van der Waals surface area contributed by atoms with Crippen LogP contribution in [0.5, 0.6) is 0 Å². The van der Waals surface area contributed by atoms with Crippen molar-refractivity contribution in [3.05, 3.63) is 35.5 Å². The molecule has 3 atom stereocenters. The van der Waals surface area contributed by atoms with E-state index >= 15 is 0 Å². The van der Waals surface area contributed by atoms with Crippen LogP contribution in [-0.4, -0.2) is 0 Å². The number of rotatable bonds is 1. The largest absolute Gasteiger partial charge is 0.0956 e. The van der Waals surface area contributed by atoms with Crippen LogP contribution in [0.2, 0.25) is 0 Å². The van der Waals surface area contributed by atoms with Crippen LogP contribution in [0, 0.1) is 17.3 Å². The fourth-order valence-electron chi connectivity index (χ4n) is 4.90. The Hall–Kier alpha value is -0.780. The molecule has 3 saturated carbocycles. The van der Waals surface area contributed by atoms with Crippen molar-refractivity contribution in [2.24, 2.45) is 17.3 Å². The van der Waals surface area contributed by atoms with E-state index in [0.717, 1.165) is 11.8 Å². The molecule has 20 heavy (non-hydrogen) atoms. The molecule has 3 aliphatic rings. The van der Waals surface area contributed by atoms with Crippen LogP contribution in [0.25, 0.3) is 0 Å². The second-order valence-electron chi connectivity index (χ2n) is 7.63. The number of allylic oxidation sites excluding steroid dienone is 5. The number of hydrogen-bond donors (Lipinski definition) is 0. The fourth-order valence-corrected chi connectivity index (χ4v) is 4.90. The lowest BCUT2D eigenvalue weighted by molar-refractivity contribution is 0.147. The first-order chi connectivity index (χ1) is 9.61. The zero-order valence-corrected chi connectivity index (χ0v) is 13.4. The van der Waals surface area contributed by atoms with Gasteiger partial charge in [-0.2, -0.15) is 0 Å². The summed E-state index contributed by atoms with van der Waals surface area (Å²) < 4.78 is 0. The van der Waals surface area contributed by atoms with E-state index in [4.69, 9.17) is 0 Å². The summed E-state index contributed by atoms with van der Waals surface area (Å²) in [4.78, 5) is 0. The van der Waals surface area contributed by atoms with Crippen LogP contribution in [0.4, 0.5) is 0 Å². The first-order valence-electron chi connectivity index (χ1n) is 8.69. The van der Waals surface area contributed by atoms with E-state index in [2.05, 4.69) is 32.6 Å². The summed E-state index contributed by atoms with van der Waals surface area (Å²) in [6.45, 7) is 9.28. The Labute approximate surface area is 125 Å². The second-order valence-corrected chi connectivity index (χ2v) is 7.63. The normalized spacial score (nSPS) is 42.2. The molecule has 0 aliphatic heterocycles. The van der Waals surface area contributed by atoms with Crippen molar-refractivity contribution in [1.29, 1.82) is 0 Å². The Bertz CT molecular complexity index is 451. The van der Waals surface area contributed by atoms with E-state index in [0.29, 0.717) is 5.41 Å². The van der Waals surface area contributed by atoms with Gasteiger partial charge >= 0.3 is 0 Å². The van der Waals surface area contributed by atoms with Crippen molar-refractivity contribution in [1.82, 2.24) is 0 Å². The summed E-state index contributed by atoms with van der Waals surface area (Å²) in [6, 6.07) is 0. The summed E-state index contributed by atoms with van der Waals surface area (Å²) in [7, 11) is 0. The van der Waals surface area contributed by atoms with Gasteiger partial charge in [0.05, 0.1) is 0 Å². The quantitative estimate of drug-likeness (QED) is 0.531. The zero-order valence-electron chi connectivity index (χ0n) is 13.4. The maximum absolute atomic E-state index is 4.25. The minimum absolute atomic E-state index is 0.589. The Morgan fingerprint density at radius 3 is 2.65 bits per heavy atom. The van der Waals surface area contributed by atoms with Crippen LogP contribution in [-0.2, 0) is 0 Å². The lowest BCUT2D eigenvalue weighted by atomic mass is 9.64. The highest BCUT2D eigenvalue weighted by Crippen LogP contribution is 2.57. The van der Waals surface area contributed by atoms with Crippen LogP contribution in [0.15, 0.2) is 35.5 Å². The molecule has 0 heteroatoms. The standard InChI is InChI=1S/C20H30/c1-15-7-4-5-8-17(15)11-12-18-9-6-14-20(3)16(2)10-13-19(18)20/h11-12,16,19H,1,4-10,13-14H2,2-3H3/b17-11-,18-12+. The molecule has 0 radical (unpaired) electrons. The highest BCUT2D eigenvalue weighted by molar-refractivity contribution is 5.35. The monoisotopic (exact) mass is 270 g/mol. The highest BCUT2D eigenvalue weighted by Gasteiger charge is 2.46. The van der Waals surface area contributed by atoms with Crippen LogP contribution >= 0.6 is 0 Å². The Morgan fingerprint density at radius 2 is 1.85 bits per heavy atom. The van der Waals surface area contributed by atoms with E-state index < -0.39 is 0 Å². The van der Waals surface area contributed by atoms with Gasteiger partial charge in [-0.25, -0.2) is 0 Å². The molecule has 3 aliphatic carbocycles. The molecule has 0 N–H and O–H groups in total. The van der Waals surface area contributed by atoms with Crippen LogP contribution in [0.1, 0.15) is 71.6 Å². The summed E-state index contributed by atoms with van der Waals surface area (Å²) >= 11 is 0. The Morgan fingerprint density at radius 1 is 1.05 bits per heavy atom. The van der Waals surface area contributed by atoms with Crippen molar-refractivity contribution in [3.8, 4) is 0 Å². The van der Waals surface area contributed by atoms with Gasteiger partial charge in [-0.15, -0.1) is 0 Å². The SMILES string of the molecule is C=C1CCCC/C1=C/C=C1\CCCC2(C)C(C)CCC12. The molecule has 3 fully saturated rings. The molecule has 0 aromatic heterocycles. The third kappa shape index (κ3) is 2.43. The van der Waals surface area contributed by atoms with Gasteiger partial charge < -0.3 is 0 Å². The van der Waals surface area contributed by atoms with Gasteiger partial charge in [-0.1, -0.05) is 43.7 Å². The molecule has 110 valence electrons. The average Bonchev–Trinajstić information content (AvgIpc) is 2.74. The van der Waals surface area contributed by atoms with Crippen molar-refractivity contribution in [2.75, 3.05) is 0 Å². The third-order valence-corrected chi connectivity index (χ3v) is 6.57. The lowest BCUT2D eigenvalue weighted by Gasteiger charge is -2.41. The van der Waals surface area contributed by atoms with Gasteiger partial charge in [0.2, 0.25) is 0 Å². The first kappa shape index (κ1) is 14.2. The smallest absolute Gasteiger partial charge is 0.0143 e. The van der Waals surface area contributed by atoms with E-state index in [9.17, 15) is 0 Å². The predicted octanol–water partition coefficient (Wildman–Crippen LogP) is 6.21. The van der Waals surface area contributed by atoms with Crippen molar-refractivity contribution in [2.45, 2.75) is 71.6 Å². The topological polar surface area (TPSA) is 0 Å². The molecule has 0 amide bonds. The first-order valence-corrected chi connectivity index (χ1v) is 8.69. The molecule has 0 aromatic rings. The summed E-state index contributed by atoms with van der Waals surface area (Å²) in [5, 5.41) is 0. The van der Waals surface area contributed by atoms with Crippen LogP contribution < -0.4 is 0 Å². The average molecular weight is 270 g/mol. The van der Waals surface area contributed by atoms with Gasteiger partial charge in [0, 0.05) is 0 Å². The summed E-state index contributed by atoms with van der Waals surface area (Å²) in [5.74, 6) is 1.77. The van der Waals surface area contributed by atoms with Gasteiger partial charge in [-0.3, -0.25) is 0 Å². The van der Waals surface area contributed by atoms with E-state index in [1.54, 1.807) is 5.57 Å². The second kappa shape index (κ2) is 5.54. The molecule has 0 spiro atoms. The lowest BCUT2D eigenvalue weighted by Crippen LogP contribution is -2.31. The van der Waals surface area contributed by atoms with Gasteiger partial charge in [0.25, 0.3) is 0 Å². The molecular weight excluding hydrogens is 240 g/mol. The van der Waals surface area contributed by atoms with Crippen molar-refractivity contribution < 1.29 is 0 Å². The Balaban J connectivity index is 1.81. The maximum Gasteiger partial charge on any atom is -0.0143 e. The predicted molar refractivity (Wildman–Crippen MR) is 87.6 cm³/mol. The molecule has 0 saturated heterocycles. The highest BCUT2D eigenvalue weighted by atomic mass is 14.5. The van der Waals surface area contributed by atoms with Crippen molar-refractivity contribution >= 4 is 0 Å². The maximum atomic E-state index is 4.25. The zero-order chi connectivity index (χ0) is 14.2. The van der Waals surface area contributed by atoms with E-state index in [1.165, 1.54) is 68.9 Å². The van der Waals surface area contributed by atoms with E-state index in [1.807, 2.05) is 0 Å². The third-order valence-electron chi connectivity index (χ3n) is 6.57. The molecule has 0 bridgehead atoms.